The van der Waals surface area contributed by atoms with Gasteiger partial charge in [-0.05, 0) is 35.0 Å². The van der Waals surface area contributed by atoms with Gasteiger partial charge >= 0.3 is 8.80 Å². The molecule has 0 spiro atoms. The predicted molar refractivity (Wildman–Crippen MR) is 85.7 cm³/mol. The Balaban J connectivity index is 2.21. The normalized spacial score (nSPS) is 12.1. The lowest BCUT2D eigenvalue weighted by Crippen LogP contribution is -2.54. The van der Waals surface area contributed by atoms with Crippen molar-refractivity contribution in [3.8, 4) is 0 Å². The molecule has 0 bridgehead atoms. The Labute approximate surface area is 124 Å². The SMILES string of the molecule is CO[Si](OC)(OC)c1ccc2cc3cccnc3cc2c1. The van der Waals surface area contributed by atoms with Crippen LogP contribution in [0.1, 0.15) is 0 Å². The van der Waals surface area contributed by atoms with E-state index < -0.39 is 8.80 Å². The molecule has 0 aliphatic carbocycles. The van der Waals surface area contributed by atoms with Crippen molar-refractivity contribution in [2.45, 2.75) is 0 Å². The van der Waals surface area contributed by atoms with Crippen molar-refractivity contribution >= 4 is 35.7 Å². The smallest absolute Gasteiger partial charge is 0.373 e. The highest BCUT2D eigenvalue weighted by molar-refractivity contribution is 6.75. The molecule has 0 aliphatic heterocycles. The molecule has 5 heteroatoms. The van der Waals surface area contributed by atoms with E-state index in [4.69, 9.17) is 13.3 Å². The largest absolute Gasteiger partial charge is 0.536 e. The Bertz CT molecular complexity index is 778. The van der Waals surface area contributed by atoms with Gasteiger partial charge in [0.2, 0.25) is 0 Å². The second-order valence-corrected chi connectivity index (χ2v) is 7.69. The first-order chi connectivity index (χ1) is 10.2. The fraction of sp³-hybridized carbons (Fsp3) is 0.188. The first kappa shape index (κ1) is 14.2. The van der Waals surface area contributed by atoms with Crippen LogP contribution in [0.15, 0.2) is 48.7 Å². The zero-order chi connectivity index (χ0) is 14.9. The number of nitrogens with zero attached hydrogens (tertiary/aromatic N) is 1. The maximum absolute atomic E-state index is 5.54. The molecule has 3 rings (SSSR count). The average molecular weight is 299 g/mol. The van der Waals surface area contributed by atoms with Crippen molar-refractivity contribution in [1.82, 2.24) is 4.98 Å². The third kappa shape index (κ3) is 2.34. The van der Waals surface area contributed by atoms with Gasteiger partial charge in [0.05, 0.1) is 5.52 Å². The van der Waals surface area contributed by atoms with Crippen LogP contribution in [0.3, 0.4) is 0 Å². The van der Waals surface area contributed by atoms with Crippen LogP contribution in [0.4, 0.5) is 0 Å². The molecule has 1 heterocycles. The minimum Gasteiger partial charge on any atom is -0.373 e. The zero-order valence-electron chi connectivity index (χ0n) is 12.3. The molecule has 0 saturated heterocycles. The molecule has 0 saturated carbocycles. The molecule has 0 fully saturated rings. The zero-order valence-corrected chi connectivity index (χ0v) is 13.3. The second kappa shape index (κ2) is 5.54. The molecular weight excluding hydrogens is 282 g/mol. The molecule has 0 N–H and O–H groups in total. The molecule has 2 aromatic carbocycles. The third-order valence-electron chi connectivity index (χ3n) is 3.72. The topological polar surface area (TPSA) is 40.6 Å². The number of hydrogen-bond donors (Lipinski definition) is 0. The summed E-state index contributed by atoms with van der Waals surface area (Å²) in [6.45, 7) is 0. The van der Waals surface area contributed by atoms with Crippen LogP contribution in [0.25, 0.3) is 21.7 Å². The van der Waals surface area contributed by atoms with Crippen LogP contribution < -0.4 is 5.19 Å². The fourth-order valence-corrected chi connectivity index (χ4v) is 4.44. The standard InChI is InChI=1S/C16H17NO3Si/c1-18-21(19-2,20-3)15-7-6-12-9-13-5-4-8-17-16(13)11-14(12)10-15/h4-11H,1-3H3. The van der Waals surface area contributed by atoms with Crippen molar-refractivity contribution in [3.63, 3.8) is 0 Å². The highest BCUT2D eigenvalue weighted by Gasteiger charge is 2.40. The van der Waals surface area contributed by atoms with Gasteiger partial charge in [-0.1, -0.05) is 18.2 Å². The second-order valence-electron chi connectivity index (χ2n) is 4.78. The average Bonchev–Trinajstić information content (AvgIpc) is 2.55. The van der Waals surface area contributed by atoms with E-state index in [9.17, 15) is 0 Å². The van der Waals surface area contributed by atoms with Crippen LogP contribution in [0.5, 0.6) is 0 Å². The minimum absolute atomic E-state index is 0.942. The maximum atomic E-state index is 5.54. The predicted octanol–water partition coefficient (Wildman–Crippen LogP) is 2.47. The van der Waals surface area contributed by atoms with Gasteiger partial charge in [0, 0.05) is 38.1 Å². The van der Waals surface area contributed by atoms with E-state index in [1.165, 1.54) is 0 Å². The quantitative estimate of drug-likeness (QED) is 0.548. The Morgan fingerprint density at radius 2 is 1.57 bits per heavy atom. The minimum atomic E-state index is -2.80. The molecule has 21 heavy (non-hydrogen) atoms. The number of fused-ring (bicyclic) bond motifs is 2. The van der Waals surface area contributed by atoms with Crippen molar-refractivity contribution < 1.29 is 13.3 Å². The van der Waals surface area contributed by atoms with E-state index in [1.807, 2.05) is 12.1 Å². The monoisotopic (exact) mass is 299 g/mol. The van der Waals surface area contributed by atoms with Gasteiger partial charge < -0.3 is 13.3 Å². The van der Waals surface area contributed by atoms with Gasteiger partial charge in [-0.25, -0.2) is 0 Å². The summed E-state index contributed by atoms with van der Waals surface area (Å²) in [5.74, 6) is 0. The highest BCUT2D eigenvalue weighted by atomic mass is 28.4. The molecule has 0 unspecified atom stereocenters. The van der Waals surface area contributed by atoms with E-state index >= 15 is 0 Å². The lowest BCUT2D eigenvalue weighted by atomic mass is 10.1. The summed E-state index contributed by atoms with van der Waals surface area (Å²) in [7, 11) is 2.05. The number of aromatic nitrogens is 1. The molecule has 0 radical (unpaired) electrons. The van der Waals surface area contributed by atoms with E-state index in [1.54, 1.807) is 27.5 Å². The molecular formula is C16H17NO3Si. The van der Waals surface area contributed by atoms with Crippen LogP contribution in [-0.4, -0.2) is 35.1 Å². The molecule has 0 aliphatic rings. The summed E-state index contributed by atoms with van der Waals surface area (Å²) in [4.78, 5) is 4.40. The van der Waals surface area contributed by atoms with Gasteiger partial charge in [0.15, 0.2) is 0 Å². The summed E-state index contributed by atoms with van der Waals surface area (Å²) < 4.78 is 16.6. The fourth-order valence-electron chi connectivity index (χ4n) is 2.61. The number of benzene rings is 2. The Hall–Kier alpha value is -1.79. The third-order valence-corrected chi connectivity index (χ3v) is 6.35. The first-order valence-corrected chi connectivity index (χ1v) is 8.39. The van der Waals surface area contributed by atoms with Crippen LogP contribution >= 0.6 is 0 Å². The van der Waals surface area contributed by atoms with Crippen LogP contribution in [0.2, 0.25) is 0 Å². The van der Waals surface area contributed by atoms with Crippen LogP contribution in [-0.2, 0) is 13.3 Å². The number of rotatable bonds is 4. The number of pyridine rings is 1. The summed E-state index contributed by atoms with van der Waals surface area (Å²) in [5.41, 5.74) is 0.974. The molecule has 3 aromatic rings. The van der Waals surface area contributed by atoms with Gasteiger partial charge in [0.25, 0.3) is 0 Å². The Kier molecular flexibility index (Phi) is 3.73. The summed E-state index contributed by atoms with van der Waals surface area (Å²) in [6, 6.07) is 14.4. The van der Waals surface area contributed by atoms with Gasteiger partial charge in [-0.15, -0.1) is 0 Å². The van der Waals surface area contributed by atoms with Gasteiger partial charge in [-0.3, -0.25) is 4.98 Å². The number of hydrogen-bond acceptors (Lipinski definition) is 4. The van der Waals surface area contributed by atoms with Crippen molar-refractivity contribution in [3.05, 3.63) is 48.7 Å². The van der Waals surface area contributed by atoms with E-state index in [-0.39, 0.29) is 0 Å². The van der Waals surface area contributed by atoms with E-state index in [2.05, 4.69) is 35.3 Å². The van der Waals surface area contributed by atoms with Gasteiger partial charge in [-0.2, -0.15) is 0 Å². The van der Waals surface area contributed by atoms with Crippen molar-refractivity contribution in [1.29, 1.82) is 0 Å². The first-order valence-electron chi connectivity index (χ1n) is 6.67. The van der Waals surface area contributed by atoms with Crippen molar-refractivity contribution in [2.75, 3.05) is 21.3 Å². The molecule has 0 atom stereocenters. The summed E-state index contributed by atoms with van der Waals surface area (Å²) in [6.07, 6.45) is 1.80. The lowest BCUT2D eigenvalue weighted by Gasteiger charge is -2.24. The summed E-state index contributed by atoms with van der Waals surface area (Å²) >= 11 is 0. The molecule has 4 nitrogen and oxygen atoms in total. The highest BCUT2D eigenvalue weighted by Crippen LogP contribution is 2.21. The van der Waals surface area contributed by atoms with Crippen LogP contribution in [0, 0.1) is 0 Å². The van der Waals surface area contributed by atoms with E-state index in [0.717, 1.165) is 26.9 Å². The Morgan fingerprint density at radius 3 is 2.29 bits per heavy atom. The lowest BCUT2D eigenvalue weighted by molar-refractivity contribution is 0.140. The van der Waals surface area contributed by atoms with E-state index in [0.29, 0.717) is 0 Å². The Morgan fingerprint density at radius 1 is 0.810 bits per heavy atom. The molecule has 108 valence electrons. The summed E-state index contributed by atoms with van der Waals surface area (Å²) in [5, 5.41) is 4.33. The van der Waals surface area contributed by atoms with Crippen molar-refractivity contribution in [2.24, 2.45) is 0 Å². The maximum Gasteiger partial charge on any atom is 0.536 e. The van der Waals surface area contributed by atoms with Gasteiger partial charge in [0.1, 0.15) is 0 Å². The molecule has 1 aromatic heterocycles. The molecule has 0 amide bonds.